The van der Waals surface area contributed by atoms with Gasteiger partial charge in [-0.05, 0) is 59.0 Å². The number of furan rings is 1. The fraction of sp³-hybridized carbons (Fsp3) is 0.152. The average molecular weight is 941 g/mol. The van der Waals surface area contributed by atoms with Gasteiger partial charge in [-0.25, -0.2) is 4.39 Å². The van der Waals surface area contributed by atoms with Crippen LogP contribution in [0.25, 0.3) is 44.6 Å². The molecule has 8 rings (SSSR count). The molecule has 4 heterocycles. The first-order valence-electron chi connectivity index (χ1n) is 19.9. The maximum Gasteiger partial charge on any atom is 0.141 e. The molecule has 4 aromatic heterocycles. The van der Waals surface area contributed by atoms with Crippen LogP contribution in [0.15, 0.2) is 138 Å². The summed E-state index contributed by atoms with van der Waals surface area (Å²) < 4.78 is 69.5. The molecular formula is C46H40FGeIrN3O-2. The molecule has 0 N–H and O–H groups in total. The van der Waals surface area contributed by atoms with Crippen LogP contribution in [-0.4, -0.2) is 28.2 Å². The molecular weight excluding hydrogens is 894 g/mol. The third kappa shape index (κ3) is 8.90. The van der Waals surface area contributed by atoms with E-state index < -0.39 is 32.4 Å². The maximum atomic E-state index is 13.7. The van der Waals surface area contributed by atoms with Crippen molar-refractivity contribution in [1.82, 2.24) is 15.0 Å². The Morgan fingerprint density at radius 2 is 1.58 bits per heavy atom. The third-order valence-corrected chi connectivity index (χ3v) is 13.0. The van der Waals surface area contributed by atoms with Crippen molar-refractivity contribution in [3.8, 4) is 22.5 Å². The normalized spacial score (nSPS) is 14.6. The zero-order valence-corrected chi connectivity index (χ0v) is 34.2. The van der Waals surface area contributed by atoms with Crippen molar-refractivity contribution in [3.05, 3.63) is 180 Å². The number of benzene rings is 4. The molecule has 7 heteroatoms. The SMILES string of the molecule is [2H]C([2H])([2H])c1c[c-]c(-c2cc(C([2H])(C)c3ccccc3)[c]([Ge]([CH3])([CH3])[CH3])cn2)cc1.[2H]C([2H])(c1ccccc1)c1ccnc(-c2[c-]nc3oc4ccc(F)cc4c3c2)c1.[Ir]. The number of aromatic nitrogens is 3. The predicted molar refractivity (Wildman–Crippen MR) is 213 cm³/mol. The molecule has 0 fully saturated rings. The molecule has 0 saturated carbocycles. The summed E-state index contributed by atoms with van der Waals surface area (Å²) in [4.78, 5) is 13.3. The number of pyridine rings is 3. The van der Waals surface area contributed by atoms with Crippen LogP contribution in [0.1, 0.15) is 48.9 Å². The molecule has 4 nitrogen and oxygen atoms in total. The fourth-order valence-corrected chi connectivity index (χ4v) is 9.19. The second-order valence-corrected chi connectivity index (χ2v) is 24.1. The maximum absolute atomic E-state index is 13.7. The van der Waals surface area contributed by atoms with Gasteiger partial charge in [0.25, 0.3) is 0 Å². The van der Waals surface area contributed by atoms with E-state index in [1.807, 2.05) is 67.7 Å². The van der Waals surface area contributed by atoms with Crippen molar-refractivity contribution in [2.24, 2.45) is 0 Å². The van der Waals surface area contributed by atoms with Crippen molar-refractivity contribution in [3.63, 3.8) is 0 Å². The van der Waals surface area contributed by atoms with E-state index in [9.17, 15) is 5.76 Å². The number of halogens is 1. The van der Waals surface area contributed by atoms with Crippen LogP contribution in [0.4, 0.5) is 4.39 Å². The molecule has 4 aromatic carbocycles. The minimum Gasteiger partial charge on any atom is -0.483 e. The largest absolute Gasteiger partial charge is 0.483 e. The first kappa shape index (κ1) is 30.7. The number of fused-ring (bicyclic) bond motifs is 3. The molecule has 267 valence electrons. The summed E-state index contributed by atoms with van der Waals surface area (Å²) in [7, 11) is 0. The molecule has 0 amide bonds. The van der Waals surface area contributed by atoms with E-state index in [0.29, 0.717) is 50.1 Å². The van der Waals surface area contributed by atoms with Crippen molar-refractivity contribution in [2.45, 2.75) is 43.3 Å². The van der Waals surface area contributed by atoms with Crippen LogP contribution >= 0.6 is 0 Å². The van der Waals surface area contributed by atoms with Crippen molar-refractivity contribution in [1.29, 1.82) is 0 Å². The van der Waals surface area contributed by atoms with Crippen molar-refractivity contribution < 1.29 is 37.1 Å². The quantitative estimate of drug-likeness (QED) is 0.118. The Hall–Kier alpha value is -4.75. The second-order valence-electron chi connectivity index (χ2n) is 13.5. The van der Waals surface area contributed by atoms with Crippen molar-refractivity contribution >= 4 is 39.7 Å². The van der Waals surface area contributed by atoms with Crippen molar-refractivity contribution in [2.75, 3.05) is 0 Å². The van der Waals surface area contributed by atoms with Gasteiger partial charge in [-0.15, -0.1) is 11.6 Å². The van der Waals surface area contributed by atoms with E-state index in [2.05, 4.69) is 44.5 Å². The van der Waals surface area contributed by atoms with Crippen LogP contribution in [0.2, 0.25) is 17.3 Å². The Morgan fingerprint density at radius 3 is 2.30 bits per heavy atom. The van der Waals surface area contributed by atoms with Gasteiger partial charge in [-0.2, -0.15) is 0 Å². The zero-order chi connectivity index (χ0) is 41.5. The van der Waals surface area contributed by atoms with E-state index in [0.717, 1.165) is 16.7 Å². The second kappa shape index (κ2) is 16.5. The molecule has 0 aliphatic carbocycles. The van der Waals surface area contributed by atoms with Gasteiger partial charge >= 0.3 is 160 Å². The summed E-state index contributed by atoms with van der Waals surface area (Å²) in [6.45, 7) is -0.218. The molecule has 53 heavy (non-hydrogen) atoms. The van der Waals surface area contributed by atoms with E-state index in [1.165, 1.54) is 22.6 Å². The van der Waals surface area contributed by atoms with Gasteiger partial charge in [-0.3, -0.25) is 0 Å². The monoisotopic (exact) mass is 942 g/mol. The topological polar surface area (TPSA) is 51.8 Å². The molecule has 1 radical (unpaired) electrons. The van der Waals surface area contributed by atoms with Crippen LogP contribution in [0.3, 0.4) is 0 Å². The molecule has 1 unspecified atom stereocenters. The van der Waals surface area contributed by atoms with Gasteiger partial charge in [0.1, 0.15) is 17.1 Å². The van der Waals surface area contributed by atoms with Crippen LogP contribution in [0.5, 0.6) is 0 Å². The number of hydrogen-bond acceptors (Lipinski definition) is 4. The first-order valence-corrected chi connectivity index (χ1v) is 24.3. The molecule has 1 atom stereocenters. The molecule has 0 saturated heterocycles. The standard InChI is InChI=1S/C23H14FN2O.C23H26GeN.Ir/c24-18-6-7-22-19(13-18)20-12-17(14-26-23(20)27-22)21-11-16(8-9-25-21)10-15-4-2-1-3-5-15;1-17-11-13-20(14-12-17)23-15-21(22(16-25-23)24(3,4)5)18(2)19-9-7-6-8-10-19;/h1-9,11-13H,10H2;6-13,15-16,18H,1-5H3;/q2*-1;/i10D2;1D3,18D;. The minimum atomic E-state index is -2.30. The van der Waals surface area contributed by atoms with E-state index in [4.69, 9.17) is 11.3 Å². The summed E-state index contributed by atoms with van der Waals surface area (Å²) in [5.41, 5.74) is 6.66. The third-order valence-electron chi connectivity index (χ3n) is 8.75. The Labute approximate surface area is 335 Å². The summed E-state index contributed by atoms with van der Waals surface area (Å²) in [5.74, 6) is 5.65. The van der Waals surface area contributed by atoms with E-state index >= 15 is 0 Å². The Bertz CT molecular complexity index is 2720. The average Bonchev–Trinajstić information content (AvgIpc) is 3.58. The smallest absolute Gasteiger partial charge is 0.141 e. The number of rotatable bonds is 7. The minimum absolute atomic E-state index is 0. The molecule has 0 aliphatic heterocycles. The summed E-state index contributed by atoms with van der Waals surface area (Å²) in [5, 5.41) is 1.28. The van der Waals surface area contributed by atoms with Gasteiger partial charge in [0, 0.05) is 34.4 Å². The summed E-state index contributed by atoms with van der Waals surface area (Å²) in [6, 6.07) is 38.2. The predicted octanol–water partition coefficient (Wildman–Crippen LogP) is 11.1. The van der Waals surface area contributed by atoms with E-state index in [1.54, 1.807) is 54.7 Å². The molecule has 0 bridgehead atoms. The van der Waals surface area contributed by atoms with Gasteiger partial charge in [0.2, 0.25) is 0 Å². The van der Waals surface area contributed by atoms with Gasteiger partial charge in [-0.1, -0.05) is 36.4 Å². The molecule has 0 spiro atoms. The van der Waals surface area contributed by atoms with Gasteiger partial charge in [0.05, 0.1) is 0 Å². The Morgan fingerprint density at radius 1 is 0.830 bits per heavy atom. The number of nitrogens with zero attached hydrogens (tertiary/aromatic N) is 3. The summed E-state index contributed by atoms with van der Waals surface area (Å²) >= 11 is -2.30. The van der Waals surface area contributed by atoms with Gasteiger partial charge < -0.3 is 14.4 Å². The Kier molecular flexibility index (Phi) is 9.56. The summed E-state index contributed by atoms with van der Waals surface area (Å²) in [6.07, 6.45) is 4.71. The molecule has 0 aliphatic rings. The Balaban J connectivity index is 0.000000195. The number of hydrogen-bond donors (Lipinski definition) is 0. The zero-order valence-electron chi connectivity index (χ0n) is 35.7. The number of aryl methyl sites for hydroxylation is 1. The van der Waals surface area contributed by atoms with Crippen LogP contribution < -0.4 is 4.40 Å². The van der Waals surface area contributed by atoms with E-state index in [-0.39, 0.29) is 31.5 Å². The first-order chi connectivity index (χ1) is 27.4. The van der Waals surface area contributed by atoms with Crippen LogP contribution in [0, 0.1) is 24.9 Å². The van der Waals surface area contributed by atoms with Gasteiger partial charge in [0.15, 0.2) is 0 Å². The van der Waals surface area contributed by atoms with Crippen LogP contribution in [-0.2, 0) is 26.5 Å². The fourth-order valence-electron chi connectivity index (χ4n) is 6.00. The molecule has 8 aromatic rings.